The van der Waals surface area contributed by atoms with Crippen molar-refractivity contribution in [3.63, 3.8) is 0 Å². The minimum Gasteiger partial charge on any atom is -0.465 e. The molecule has 1 aromatic heterocycles. The van der Waals surface area contributed by atoms with Gasteiger partial charge in [-0.1, -0.05) is 30.0 Å². The molecule has 5 rings (SSSR count). The fraction of sp³-hybridized carbons (Fsp3) is 0.321. The summed E-state index contributed by atoms with van der Waals surface area (Å²) in [5.41, 5.74) is 1.35. The van der Waals surface area contributed by atoms with Gasteiger partial charge >= 0.3 is 6.09 Å². The van der Waals surface area contributed by atoms with Gasteiger partial charge in [0.1, 0.15) is 11.4 Å². The summed E-state index contributed by atoms with van der Waals surface area (Å²) >= 11 is 1.44. The average molecular weight is 523 g/mol. The van der Waals surface area contributed by atoms with Gasteiger partial charge in [-0.25, -0.2) is 19.2 Å². The van der Waals surface area contributed by atoms with Crippen LogP contribution in [0.4, 0.5) is 19.3 Å². The number of amides is 1. The minimum atomic E-state index is -1.06. The number of anilines is 1. The molecule has 6 nitrogen and oxygen atoms in total. The Morgan fingerprint density at radius 3 is 2.57 bits per heavy atom. The maximum atomic E-state index is 14.6. The molecule has 0 spiro atoms. The van der Waals surface area contributed by atoms with Crippen LogP contribution in [0.25, 0.3) is 11.1 Å². The highest BCUT2D eigenvalue weighted by Crippen LogP contribution is 2.48. The predicted molar refractivity (Wildman–Crippen MR) is 143 cm³/mol. The van der Waals surface area contributed by atoms with Crippen LogP contribution in [-0.2, 0) is 5.54 Å². The van der Waals surface area contributed by atoms with E-state index in [2.05, 4.69) is 9.88 Å². The lowest BCUT2D eigenvalue weighted by molar-refractivity contribution is 0.141. The van der Waals surface area contributed by atoms with Crippen molar-refractivity contribution in [1.82, 2.24) is 9.88 Å². The summed E-state index contributed by atoms with van der Waals surface area (Å²) in [5, 5.41) is 10.5. The third kappa shape index (κ3) is 4.68. The van der Waals surface area contributed by atoms with Gasteiger partial charge in [0.2, 0.25) is 5.95 Å². The SMILES string of the molecule is CC(C)(C)N(C(=O)O)C1=NC2(c3cccc(-c4cccnc4F)c3)CN(c3ccc(F)cc3)CC2CS1. The number of amidine groups is 1. The first-order valence-electron chi connectivity index (χ1n) is 12.1. The Bertz CT molecular complexity index is 1360. The number of benzene rings is 2. The molecule has 2 atom stereocenters. The third-order valence-electron chi connectivity index (χ3n) is 6.93. The lowest BCUT2D eigenvalue weighted by Crippen LogP contribution is -2.51. The van der Waals surface area contributed by atoms with E-state index in [-0.39, 0.29) is 11.7 Å². The second-order valence-corrected chi connectivity index (χ2v) is 11.4. The maximum absolute atomic E-state index is 14.6. The van der Waals surface area contributed by atoms with Crippen molar-refractivity contribution in [3.05, 3.63) is 84.2 Å². The van der Waals surface area contributed by atoms with Gasteiger partial charge in [-0.05, 0) is 74.4 Å². The van der Waals surface area contributed by atoms with Gasteiger partial charge in [0.15, 0.2) is 5.17 Å². The molecule has 0 saturated carbocycles. The molecule has 1 amide bonds. The van der Waals surface area contributed by atoms with Crippen molar-refractivity contribution in [2.45, 2.75) is 31.8 Å². The smallest absolute Gasteiger partial charge is 0.413 e. The van der Waals surface area contributed by atoms with Gasteiger partial charge in [0.05, 0.1) is 0 Å². The number of carbonyl (C=O) groups is 1. The first-order valence-corrected chi connectivity index (χ1v) is 13.0. The maximum Gasteiger partial charge on any atom is 0.413 e. The van der Waals surface area contributed by atoms with E-state index in [1.807, 2.05) is 45.0 Å². The number of aliphatic imine (C=N–C) groups is 1. The van der Waals surface area contributed by atoms with Crippen LogP contribution in [0.1, 0.15) is 26.3 Å². The molecule has 1 saturated heterocycles. The highest BCUT2D eigenvalue weighted by Gasteiger charge is 2.52. The van der Waals surface area contributed by atoms with Crippen LogP contribution in [-0.4, -0.2) is 50.6 Å². The van der Waals surface area contributed by atoms with Crippen molar-refractivity contribution < 1.29 is 18.7 Å². The zero-order valence-corrected chi connectivity index (χ0v) is 21.7. The number of hydrogen-bond donors (Lipinski definition) is 1. The van der Waals surface area contributed by atoms with E-state index in [9.17, 15) is 18.7 Å². The quantitative estimate of drug-likeness (QED) is 0.413. The third-order valence-corrected chi connectivity index (χ3v) is 8.04. The Morgan fingerprint density at radius 1 is 1.14 bits per heavy atom. The number of rotatable bonds is 3. The predicted octanol–water partition coefficient (Wildman–Crippen LogP) is 6.24. The molecular weight excluding hydrogens is 494 g/mol. The van der Waals surface area contributed by atoms with E-state index in [1.165, 1.54) is 35.0 Å². The highest BCUT2D eigenvalue weighted by atomic mass is 32.2. The van der Waals surface area contributed by atoms with Gasteiger partial charge in [-0.3, -0.25) is 4.90 Å². The van der Waals surface area contributed by atoms with E-state index >= 15 is 0 Å². The van der Waals surface area contributed by atoms with Crippen molar-refractivity contribution in [3.8, 4) is 11.1 Å². The van der Waals surface area contributed by atoms with E-state index in [0.29, 0.717) is 35.1 Å². The Morgan fingerprint density at radius 2 is 1.89 bits per heavy atom. The second kappa shape index (κ2) is 9.45. The van der Waals surface area contributed by atoms with Crippen LogP contribution in [0.5, 0.6) is 0 Å². The van der Waals surface area contributed by atoms with Crippen molar-refractivity contribution in [2.24, 2.45) is 10.9 Å². The fourth-order valence-corrected chi connectivity index (χ4v) is 6.60. The molecule has 2 aliphatic rings. The summed E-state index contributed by atoms with van der Waals surface area (Å²) < 4.78 is 28.2. The van der Waals surface area contributed by atoms with Crippen LogP contribution in [0.15, 0.2) is 71.9 Å². The number of fused-ring (bicyclic) bond motifs is 1. The van der Waals surface area contributed by atoms with E-state index in [4.69, 9.17) is 4.99 Å². The van der Waals surface area contributed by atoms with Gasteiger partial charge in [-0.15, -0.1) is 0 Å². The Hall–Kier alpha value is -3.46. The van der Waals surface area contributed by atoms with Crippen LogP contribution in [0.2, 0.25) is 0 Å². The number of pyridine rings is 1. The number of carboxylic acid groups (broad SMARTS) is 1. The number of halogens is 2. The van der Waals surface area contributed by atoms with Gasteiger partial charge < -0.3 is 10.0 Å². The zero-order chi connectivity index (χ0) is 26.4. The first kappa shape index (κ1) is 25.2. The topological polar surface area (TPSA) is 69.0 Å². The number of hydrogen-bond acceptors (Lipinski definition) is 5. The van der Waals surface area contributed by atoms with Gasteiger partial charge in [0.25, 0.3) is 0 Å². The van der Waals surface area contributed by atoms with E-state index in [0.717, 1.165) is 11.3 Å². The molecule has 37 heavy (non-hydrogen) atoms. The molecule has 3 aromatic rings. The summed E-state index contributed by atoms with van der Waals surface area (Å²) in [5.74, 6) is -0.154. The first-order chi connectivity index (χ1) is 17.6. The van der Waals surface area contributed by atoms with Crippen LogP contribution in [0.3, 0.4) is 0 Å². The molecule has 3 heterocycles. The summed E-state index contributed by atoms with van der Waals surface area (Å²) in [7, 11) is 0. The molecule has 0 radical (unpaired) electrons. The molecule has 9 heteroatoms. The molecular formula is C28H28F2N4O2S. The standard InChI is InChI=1S/C28H28F2N4O2S/c1-27(2,3)34(26(35)36)25-32-28(19-7-4-6-18(14-19)23-8-5-13-31-24(23)30)17-33(15-20(28)16-37-25)22-11-9-21(29)10-12-22/h4-14,20H,15-17H2,1-3H3,(H,35,36). The Balaban J connectivity index is 1.65. The lowest BCUT2D eigenvalue weighted by atomic mass is 9.81. The highest BCUT2D eigenvalue weighted by molar-refractivity contribution is 8.13. The zero-order valence-electron chi connectivity index (χ0n) is 20.9. The molecule has 2 aromatic carbocycles. The van der Waals surface area contributed by atoms with Crippen LogP contribution in [0, 0.1) is 17.7 Å². The van der Waals surface area contributed by atoms with Crippen molar-refractivity contribution in [1.29, 1.82) is 0 Å². The van der Waals surface area contributed by atoms with Crippen LogP contribution >= 0.6 is 11.8 Å². The molecule has 1 fully saturated rings. The Kier molecular flexibility index (Phi) is 6.43. The molecule has 0 bridgehead atoms. The summed E-state index contributed by atoms with van der Waals surface area (Å²) in [4.78, 5) is 24.8. The van der Waals surface area contributed by atoms with Crippen LogP contribution < -0.4 is 4.90 Å². The van der Waals surface area contributed by atoms with Gasteiger partial charge in [0, 0.05) is 47.7 Å². The summed E-state index contributed by atoms with van der Waals surface area (Å²) in [6.07, 6.45) is 0.351. The number of nitrogens with zero attached hydrogens (tertiary/aromatic N) is 4. The average Bonchev–Trinajstić information content (AvgIpc) is 3.24. The van der Waals surface area contributed by atoms with Crippen molar-refractivity contribution in [2.75, 3.05) is 23.7 Å². The molecule has 2 aliphatic heterocycles. The fourth-order valence-electron chi connectivity index (χ4n) is 5.16. The summed E-state index contributed by atoms with van der Waals surface area (Å²) in [6, 6.07) is 17.4. The molecule has 1 N–H and O–H groups in total. The van der Waals surface area contributed by atoms with E-state index in [1.54, 1.807) is 24.3 Å². The van der Waals surface area contributed by atoms with Gasteiger partial charge in [-0.2, -0.15) is 4.39 Å². The lowest BCUT2D eigenvalue weighted by Gasteiger charge is -2.41. The second-order valence-electron chi connectivity index (χ2n) is 10.4. The monoisotopic (exact) mass is 522 g/mol. The largest absolute Gasteiger partial charge is 0.465 e. The summed E-state index contributed by atoms with van der Waals surface area (Å²) in [6.45, 7) is 6.67. The number of thioether (sulfide) groups is 1. The molecule has 2 unspecified atom stereocenters. The van der Waals surface area contributed by atoms with E-state index < -0.39 is 23.1 Å². The molecule has 192 valence electrons. The molecule has 0 aliphatic carbocycles. The Labute approximate surface area is 219 Å². The minimum absolute atomic E-state index is 0.0518. The normalized spacial score (nSPS) is 21.4. The number of aromatic nitrogens is 1. The van der Waals surface area contributed by atoms with Crippen molar-refractivity contribution >= 4 is 28.7 Å².